The second-order valence-electron chi connectivity index (χ2n) is 6.80. The molecule has 0 unspecified atom stereocenters. The Morgan fingerprint density at radius 1 is 1.27 bits per heavy atom. The third kappa shape index (κ3) is 3.26. The molecule has 7 heteroatoms. The van der Waals surface area contributed by atoms with Crippen LogP contribution < -0.4 is 10.9 Å². The molecular formula is C19H20N4O2S. The number of hydrogen-bond acceptors (Lipinski definition) is 5. The molecule has 1 amide bonds. The quantitative estimate of drug-likeness (QED) is 0.768. The Hall–Kier alpha value is -2.54. The molecule has 0 radical (unpaired) electrons. The zero-order chi connectivity index (χ0) is 18.1. The molecule has 1 saturated carbocycles. The van der Waals surface area contributed by atoms with Gasteiger partial charge < -0.3 is 5.32 Å². The van der Waals surface area contributed by atoms with Gasteiger partial charge in [0, 0.05) is 11.6 Å². The lowest BCUT2D eigenvalue weighted by atomic mass is 10.1. The number of aromatic nitrogens is 3. The lowest BCUT2D eigenvalue weighted by Crippen LogP contribution is -2.37. The first-order chi connectivity index (χ1) is 12.6. The molecule has 0 spiro atoms. The molecule has 134 valence electrons. The van der Waals surface area contributed by atoms with Crippen LogP contribution in [-0.2, 0) is 11.3 Å². The molecule has 1 N–H and O–H groups in total. The van der Waals surface area contributed by atoms with Gasteiger partial charge in [-0.3, -0.25) is 14.2 Å². The van der Waals surface area contributed by atoms with Gasteiger partial charge in [0.1, 0.15) is 22.5 Å². The van der Waals surface area contributed by atoms with E-state index in [-0.39, 0.29) is 24.1 Å². The molecule has 1 aromatic carbocycles. The molecule has 0 saturated heterocycles. The van der Waals surface area contributed by atoms with E-state index in [1.54, 1.807) is 0 Å². The lowest BCUT2D eigenvalue weighted by Gasteiger charge is -2.12. The molecule has 1 fully saturated rings. The number of carbonyl (C=O) groups excluding carboxylic acids is 1. The van der Waals surface area contributed by atoms with Crippen LogP contribution in [0, 0.1) is 6.92 Å². The number of carbonyl (C=O) groups is 1. The second-order valence-corrected chi connectivity index (χ2v) is 7.57. The summed E-state index contributed by atoms with van der Waals surface area (Å²) in [6, 6.07) is 8.22. The van der Waals surface area contributed by atoms with Gasteiger partial charge in [0.25, 0.3) is 5.56 Å². The van der Waals surface area contributed by atoms with Crippen molar-refractivity contribution in [1.82, 2.24) is 19.2 Å². The van der Waals surface area contributed by atoms with Crippen molar-refractivity contribution in [2.45, 2.75) is 45.2 Å². The smallest absolute Gasteiger partial charge is 0.273 e. The molecule has 2 aromatic heterocycles. The molecule has 0 aliphatic heterocycles. The molecule has 0 bridgehead atoms. The van der Waals surface area contributed by atoms with E-state index in [1.165, 1.54) is 10.9 Å². The largest absolute Gasteiger partial charge is 0.352 e. The Labute approximate surface area is 155 Å². The number of nitrogens with one attached hydrogen (secondary N) is 1. The lowest BCUT2D eigenvalue weighted by molar-refractivity contribution is -0.122. The fraction of sp³-hybridized carbons (Fsp3) is 0.368. The predicted molar refractivity (Wildman–Crippen MR) is 102 cm³/mol. The van der Waals surface area contributed by atoms with E-state index in [0.717, 1.165) is 48.3 Å². The highest BCUT2D eigenvalue weighted by Gasteiger charge is 2.19. The third-order valence-electron chi connectivity index (χ3n) is 4.81. The Morgan fingerprint density at radius 3 is 2.73 bits per heavy atom. The van der Waals surface area contributed by atoms with Crippen molar-refractivity contribution in [2.75, 3.05) is 0 Å². The van der Waals surface area contributed by atoms with Crippen LogP contribution in [0.15, 0.2) is 35.4 Å². The summed E-state index contributed by atoms with van der Waals surface area (Å²) < 4.78 is 6.27. The standard InChI is InChI=1S/C19H20N4O2S/c1-12-6-8-13(9-7-12)16-17-18(26-22-16)19(25)23(11-20-17)10-15(24)21-14-4-2-3-5-14/h6-9,11,14H,2-5,10H2,1H3,(H,21,24). The minimum Gasteiger partial charge on any atom is -0.352 e. The number of benzene rings is 1. The van der Waals surface area contributed by atoms with Gasteiger partial charge in [-0.2, -0.15) is 4.37 Å². The summed E-state index contributed by atoms with van der Waals surface area (Å²) in [7, 11) is 0. The molecule has 4 rings (SSSR count). The Kier molecular flexibility index (Phi) is 4.55. The topological polar surface area (TPSA) is 76.9 Å². The van der Waals surface area contributed by atoms with E-state index < -0.39 is 0 Å². The van der Waals surface area contributed by atoms with Crippen LogP contribution in [0.2, 0.25) is 0 Å². The highest BCUT2D eigenvalue weighted by Crippen LogP contribution is 2.27. The predicted octanol–water partition coefficient (Wildman–Crippen LogP) is 2.89. The van der Waals surface area contributed by atoms with Gasteiger partial charge >= 0.3 is 0 Å². The normalized spacial score (nSPS) is 14.8. The average Bonchev–Trinajstić information content (AvgIpc) is 3.28. The maximum Gasteiger partial charge on any atom is 0.273 e. The van der Waals surface area contributed by atoms with E-state index in [1.807, 2.05) is 31.2 Å². The first-order valence-electron chi connectivity index (χ1n) is 8.83. The van der Waals surface area contributed by atoms with Gasteiger partial charge in [0.05, 0.1) is 6.33 Å². The molecule has 2 heterocycles. The van der Waals surface area contributed by atoms with Crippen molar-refractivity contribution < 1.29 is 4.79 Å². The molecule has 6 nitrogen and oxygen atoms in total. The highest BCUT2D eigenvalue weighted by atomic mass is 32.1. The van der Waals surface area contributed by atoms with Crippen LogP contribution in [-0.4, -0.2) is 25.9 Å². The first kappa shape index (κ1) is 16.9. The van der Waals surface area contributed by atoms with Crippen molar-refractivity contribution >= 4 is 27.7 Å². The number of amides is 1. The summed E-state index contributed by atoms with van der Waals surface area (Å²) in [5.41, 5.74) is 3.19. The van der Waals surface area contributed by atoms with E-state index >= 15 is 0 Å². The third-order valence-corrected chi connectivity index (χ3v) is 5.63. The number of nitrogens with zero attached hydrogens (tertiary/aromatic N) is 3. The molecule has 3 aromatic rings. The Morgan fingerprint density at radius 2 is 2.00 bits per heavy atom. The van der Waals surface area contributed by atoms with Gasteiger partial charge in [-0.1, -0.05) is 42.7 Å². The molecule has 1 aliphatic carbocycles. The fourth-order valence-corrected chi connectivity index (χ4v) is 4.17. The van der Waals surface area contributed by atoms with E-state index in [9.17, 15) is 9.59 Å². The van der Waals surface area contributed by atoms with Crippen LogP contribution in [0.4, 0.5) is 0 Å². The van der Waals surface area contributed by atoms with Crippen molar-refractivity contribution in [1.29, 1.82) is 0 Å². The fourth-order valence-electron chi connectivity index (χ4n) is 3.37. The Bertz CT molecular complexity index is 1000. The zero-order valence-electron chi connectivity index (χ0n) is 14.6. The van der Waals surface area contributed by atoms with E-state index in [0.29, 0.717) is 15.9 Å². The summed E-state index contributed by atoms with van der Waals surface area (Å²) in [6.07, 6.45) is 5.80. The van der Waals surface area contributed by atoms with Crippen molar-refractivity contribution in [3.05, 3.63) is 46.5 Å². The maximum atomic E-state index is 12.7. The van der Waals surface area contributed by atoms with Gasteiger partial charge in [0.15, 0.2) is 0 Å². The Balaban J connectivity index is 1.60. The number of rotatable bonds is 4. The highest BCUT2D eigenvalue weighted by molar-refractivity contribution is 7.13. The summed E-state index contributed by atoms with van der Waals surface area (Å²) >= 11 is 1.14. The zero-order valence-corrected chi connectivity index (χ0v) is 15.4. The summed E-state index contributed by atoms with van der Waals surface area (Å²) in [4.78, 5) is 29.3. The van der Waals surface area contributed by atoms with Gasteiger partial charge in [-0.05, 0) is 31.3 Å². The number of aryl methyl sites for hydroxylation is 1. The van der Waals surface area contributed by atoms with Crippen molar-refractivity contribution in [3.63, 3.8) is 0 Å². The van der Waals surface area contributed by atoms with Crippen LogP contribution in [0.3, 0.4) is 0 Å². The SMILES string of the molecule is Cc1ccc(-c2nsc3c(=O)n(CC(=O)NC4CCCC4)cnc23)cc1. The van der Waals surface area contributed by atoms with E-state index in [2.05, 4.69) is 14.7 Å². The van der Waals surface area contributed by atoms with Crippen LogP contribution >= 0.6 is 11.5 Å². The molecular weight excluding hydrogens is 348 g/mol. The van der Waals surface area contributed by atoms with Crippen molar-refractivity contribution in [2.24, 2.45) is 0 Å². The van der Waals surface area contributed by atoms with Gasteiger partial charge in [-0.25, -0.2) is 4.98 Å². The number of fused-ring (bicyclic) bond motifs is 1. The van der Waals surface area contributed by atoms with Gasteiger partial charge in [0.2, 0.25) is 5.91 Å². The summed E-state index contributed by atoms with van der Waals surface area (Å²) in [6.45, 7) is 2.02. The van der Waals surface area contributed by atoms with Crippen LogP contribution in [0.1, 0.15) is 31.2 Å². The minimum absolute atomic E-state index is 0.00393. The monoisotopic (exact) mass is 368 g/mol. The first-order valence-corrected chi connectivity index (χ1v) is 9.60. The number of hydrogen-bond donors (Lipinski definition) is 1. The van der Waals surface area contributed by atoms with Gasteiger partial charge in [-0.15, -0.1) is 0 Å². The van der Waals surface area contributed by atoms with Crippen LogP contribution in [0.25, 0.3) is 21.5 Å². The van der Waals surface area contributed by atoms with E-state index in [4.69, 9.17) is 0 Å². The molecule has 26 heavy (non-hydrogen) atoms. The average molecular weight is 368 g/mol. The van der Waals surface area contributed by atoms with Crippen molar-refractivity contribution in [3.8, 4) is 11.3 Å². The van der Waals surface area contributed by atoms with Crippen LogP contribution in [0.5, 0.6) is 0 Å². The second kappa shape index (κ2) is 6.99. The minimum atomic E-state index is -0.215. The summed E-state index contributed by atoms with van der Waals surface area (Å²) in [5, 5.41) is 3.00. The summed E-state index contributed by atoms with van der Waals surface area (Å²) in [5.74, 6) is -0.136. The molecule has 1 aliphatic rings. The maximum absolute atomic E-state index is 12.7. The molecule has 0 atom stereocenters.